The molecule has 21 heavy (non-hydrogen) atoms. The average Bonchev–Trinajstić information content (AvgIpc) is 2.77. The molecule has 3 nitrogen and oxygen atoms in total. The van der Waals surface area contributed by atoms with Crippen molar-refractivity contribution in [2.24, 2.45) is 0 Å². The highest BCUT2D eigenvalue weighted by Gasteiger charge is 2.17. The lowest BCUT2D eigenvalue weighted by Gasteiger charge is -2.06. The van der Waals surface area contributed by atoms with E-state index in [1.54, 1.807) is 12.1 Å². The number of thiophene rings is 1. The minimum Gasteiger partial charge on any atom is -0.396 e. The molecule has 2 aromatic rings. The van der Waals surface area contributed by atoms with Crippen molar-refractivity contribution in [1.82, 2.24) is 0 Å². The number of nitrogens with one attached hydrogen (secondary N) is 1. The molecule has 0 spiro atoms. The molecule has 112 valence electrons. The van der Waals surface area contributed by atoms with Crippen molar-refractivity contribution >= 4 is 39.6 Å². The van der Waals surface area contributed by atoms with Gasteiger partial charge in [0.05, 0.1) is 15.5 Å². The zero-order valence-corrected chi connectivity index (χ0v) is 13.5. The van der Waals surface area contributed by atoms with E-state index in [4.69, 9.17) is 5.73 Å². The summed E-state index contributed by atoms with van der Waals surface area (Å²) >= 11 is 2.92. The molecule has 1 aromatic carbocycles. The Kier molecular flexibility index (Phi) is 5.25. The Balaban J connectivity index is 2.04. The van der Waals surface area contributed by atoms with Crippen LogP contribution in [0.15, 0.2) is 29.2 Å². The van der Waals surface area contributed by atoms with Crippen LogP contribution in [0, 0.1) is 5.82 Å². The third-order valence-electron chi connectivity index (χ3n) is 3.04. The predicted octanol–water partition coefficient (Wildman–Crippen LogP) is 4.05. The van der Waals surface area contributed by atoms with Crippen LogP contribution in [-0.2, 0) is 6.42 Å². The van der Waals surface area contributed by atoms with Crippen LogP contribution in [0.1, 0.15) is 22.2 Å². The van der Waals surface area contributed by atoms with Gasteiger partial charge in [-0.1, -0.05) is 12.1 Å². The fraction of sp³-hybridized carbons (Fsp3) is 0.267. The van der Waals surface area contributed by atoms with E-state index in [-0.39, 0.29) is 11.6 Å². The number of carbonyl (C=O) groups excluding carboxylic acids is 1. The van der Waals surface area contributed by atoms with Gasteiger partial charge in [-0.3, -0.25) is 4.79 Å². The second-order valence-corrected chi connectivity index (χ2v) is 6.40. The molecule has 0 amide bonds. The summed E-state index contributed by atoms with van der Waals surface area (Å²) in [6.07, 6.45) is 2.72. The number of nitrogens with two attached hydrogens (primary N) is 1. The number of thioether (sulfide) groups is 1. The highest BCUT2D eigenvalue weighted by Crippen LogP contribution is 2.41. The molecular weight excluding hydrogens is 307 g/mol. The summed E-state index contributed by atoms with van der Waals surface area (Å²) in [5.41, 5.74) is 7.62. The molecule has 0 unspecified atom stereocenters. The predicted molar refractivity (Wildman–Crippen MR) is 89.1 cm³/mol. The van der Waals surface area contributed by atoms with Crippen molar-refractivity contribution in [2.45, 2.75) is 18.2 Å². The van der Waals surface area contributed by atoms with Gasteiger partial charge in [0.1, 0.15) is 10.8 Å². The lowest BCUT2D eigenvalue weighted by Crippen LogP contribution is -2.04. The van der Waals surface area contributed by atoms with Crippen molar-refractivity contribution in [1.29, 1.82) is 0 Å². The zero-order valence-electron chi connectivity index (χ0n) is 11.9. The number of hydrogen-bond acceptors (Lipinski definition) is 5. The van der Waals surface area contributed by atoms with Crippen molar-refractivity contribution in [3.63, 3.8) is 0 Å². The van der Waals surface area contributed by atoms with E-state index in [2.05, 4.69) is 5.32 Å². The Morgan fingerprint density at radius 3 is 2.62 bits per heavy atom. The number of halogens is 1. The summed E-state index contributed by atoms with van der Waals surface area (Å²) in [6, 6.07) is 6.46. The van der Waals surface area contributed by atoms with Gasteiger partial charge in [-0.05, 0) is 30.4 Å². The number of carbonyl (C=O) groups is 1. The maximum absolute atomic E-state index is 12.8. The van der Waals surface area contributed by atoms with Gasteiger partial charge in [0.25, 0.3) is 0 Å². The molecule has 0 saturated heterocycles. The van der Waals surface area contributed by atoms with Crippen LogP contribution in [0.3, 0.4) is 0 Å². The number of rotatable bonds is 6. The molecule has 2 rings (SSSR count). The van der Waals surface area contributed by atoms with E-state index in [1.165, 1.54) is 42.2 Å². The van der Waals surface area contributed by atoms with Crippen molar-refractivity contribution in [2.75, 3.05) is 23.9 Å². The first-order chi connectivity index (χ1) is 10.0. The number of anilines is 2. The summed E-state index contributed by atoms with van der Waals surface area (Å²) in [5, 5.41) is 4.24. The molecular formula is C15H17FN2OS2. The van der Waals surface area contributed by atoms with Gasteiger partial charge in [0.2, 0.25) is 0 Å². The molecule has 0 fully saturated rings. The Labute approximate surface area is 131 Å². The van der Waals surface area contributed by atoms with Gasteiger partial charge in [-0.15, -0.1) is 23.1 Å². The molecule has 0 saturated carbocycles. The Bertz CT molecular complexity index is 638. The maximum atomic E-state index is 12.8. The topological polar surface area (TPSA) is 55.1 Å². The van der Waals surface area contributed by atoms with Crippen molar-refractivity contribution < 1.29 is 9.18 Å². The SMILES string of the molecule is CSc1c(NCCc2ccc(F)cc2)sc(C(C)=O)c1N. The first-order valence-electron chi connectivity index (χ1n) is 6.48. The standard InChI is InChI=1S/C15H17FN2OS2/c1-9(19)13-12(17)14(20-2)15(21-13)18-8-7-10-3-5-11(16)6-4-10/h3-6,18H,7-8,17H2,1-2H3. The van der Waals surface area contributed by atoms with Gasteiger partial charge in [-0.2, -0.15) is 0 Å². The fourth-order valence-electron chi connectivity index (χ4n) is 1.98. The van der Waals surface area contributed by atoms with Crippen LogP contribution in [0.4, 0.5) is 15.1 Å². The Hall–Kier alpha value is -1.53. The summed E-state index contributed by atoms with van der Waals surface area (Å²) in [5.74, 6) is -0.243. The molecule has 0 aliphatic carbocycles. The van der Waals surface area contributed by atoms with Gasteiger partial charge in [0.15, 0.2) is 5.78 Å². The van der Waals surface area contributed by atoms with Gasteiger partial charge in [0, 0.05) is 13.5 Å². The van der Waals surface area contributed by atoms with E-state index in [0.29, 0.717) is 17.1 Å². The monoisotopic (exact) mass is 324 g/mol. The minimum atomic E-state index is -0.228. The molecule has 0 atom stereocenters. The van der Waals surface area contributed by atoms with E-state index in [1.807, 2.05) is 6.26 Å². The second-order valence-electron chi connectivity index (χ2n) is 4.57. The number of hydrogen-bond donors (Lipinski definition) is 2. The summed E-state index contributed by atoms with van der Waals surface area (Å²) in [4.78, 5) is 13.1. The van der Waals surface area contributed by atoms with E-state index in [0.717, 1.165) is 21.9 Å². The lowest BCUT2D eigenvalue weighted by molar-refractivity contribution is 0.102. The second kappa shape index (κ2) is 6.95. The molecule has 0 aliphatic heterocycles. The third-order valence-corrected chi connectivity index (χ3v) is 5.26. The maximum Gasteiger partial charge on any atom is 0.171 e. The van der Waals surface area contributed by atoms with Crippen molar-refractivity contribution in [3.05, 3.63) is 40.5 Å². The number of nitrogen functional groups attached to an aromatic ring is 1. The van der Waals surface area contributed by atoms with E-state index in [9.17, 15) is 9.18 Å². The highest BCUT2D eigenvalue weighted by atomic mass is 32.2. The van der Waals surface area contributed by atoms with Crippen LogP contribution < -0.4 is 11.1 Å². The van der Waals surface area contributed by atoms with Gasteiger partial charge in [-0.25, -0.2) is 4.39 Å². The molecule has 1 heterocycles. The Morgan fingerprint density at radius 2 is 2.05 bits per heavy atom. The van der Waals surface area contributed by atoms with Crippen LogP contribution in [0.2, 0.25) is 0 Å². The Morgan fingerprint density at radius 1 is 1.38 bits per heavy atom. The molecule has 0 bridgehead atoms. The van der Waals surface area contributed by atoms with Gasteiger partial charge >= 0.3 is 0 Å². The first kappa shape index (κ1) is 15.9. The van der Waals surface area contributed by atoms with Crippen LogP contribution >= 0.6 is 23.1 Å². The number of Topliss-reactive ketones (excluding diaryl/α,β-unsaturated/α-hetero) is 1. The van der Waals surface area contributed by atoms with Crippen LogP contribution in [-0.4, -0.2) is 18.6 Å². The highest BCUT2D eigenvalue weighted by molar-refractivity contribution is 7.99. The van der Waals surface area contributed by atoms with Crippen LogP contribution in [0.5, 0.6) is 0 Å². The molecule has 6 heteroatoms. The summed E-state index contributed by atoms with van der Waals surface area (Å²) in [7, 11) is 0. The number of benzene rings is 1. The fourth-order valence-corrected chi connectivity index (χ4v) is 3.94. The first-order valence-corrected chi connectivity index (χ1v) is 8.52. The molecule has 3 N–H and O–H groups in total. The summed E-state index contributed by atoms with van der Waals surface area (Å²) < 4.78 is 12.8. The average molecular weight is 324 g/mol. The largest absolute Gasteiger partial charge is 0.396 e. The molecule has 0 radical (unpaired) electrons. The molecule has 1 aromatic heterocycles. The van der Waals surface area contributed by atoms with E-state index < -0.39 is 0 Å². The quantitative estimate of drug-likeness (QED) is 0.622. The minimum absolute atomic E-state index is 0.0145. The van der Waals surface area contributed by atoms with Crippen LogP contribution in [0.25, 0.3) is 0 Å². The van der Waals surface area contributed by atoms with Gasteiger partial charge < -0.3 is 11.1 Å². The lowest BCUT2D eigenvalue weighted by atomic mass is 10.1. The summed E-state index contributed by atoms with van der Waals surface area (Å²) in [6.45, 7) is 2.23. The normalized spacial score (nSPS) is 10.6. The zero-order chi connectivity index (χ0) is 15.4. The van der Waals surface area contributed by atoms with E-state index >= 15 is 0 Å². The smallest absolute Gasteiger partial charge is 0.171 e. The van der Waals surface area contributed by atoms with Crippen molar-refractivity contribution in [3.8, 4) is 0 Å². The number of ketones is 1. The molecule has 0 aliphatic rings. The third kappa shape index (κ3) is 3.77.